The fourth-order valence-corrected chi connectivity index (χ4v) is 2.90. The molecule has 0 spiro atoms. The highest BCUT2D eigenvalue weighted by atomic mass is 35.5. The maximum absolute atomic E-state index is 11.6. The highest BCUT2D eigenvalue weighted by Gasteiger charge is 2.08. The van der Waals surface area contributed by atoms with Crippen molar-refractivity contribution in [1.29, 1.82) is 0 Å². The highest BCUT2D eigenvalue weighted by Crippen LogP contribution is 2.21. The lowest BCUT2D eigenvalue weighted by atomic mass is 10.3. The van der Waals surface area contributed by atoms with Gasteiger partial charge in [0.05, 0.1) is 4.34 Å². The van der Waals surface area contributed by atoms with Gasteiger partial charge in [-0.05, 0) is 18.6 Å². The number of thiophene rings is 1. The fraction of sp³-hybridized carbons (Fsp3) is 0.200. The van der Waals surface area contributed by atoms with Crippen LogP contribution in [0.15, 0.2) is 17.5 Å². The molecule has 0 radical (unpaired) electrons. The van der Waals surface area contributed by atoms with Crippen LogP contribution in [-0.4, -0.2) is 17.4 Å². The number of nitrogens with one attached hydrogen (secondary N) is 1. The van der Waals surface area contributed by atoms with Crippen molar-refractivity contribution in [1.82, 2.24) is 10.3 Å². The summed E-state index contributed by atoms with van der Waals surface area (Å²) in [6, 6.07) is 3.81. The Hall–Kier alpha value is -1.11. The molecule has 0 aliphatic carbocycles. The minimum Gasteiger partial charge on any atom is -0.375 e. The second-order valence-electron chi connectivity index (χ2n) is 3.28. The van der Waals surface area contributed by atoms with Gasteiger partial charge < -0.3 is 11.1 Å². The first kappa shape index (κ1) is 12.3. The van der Waals surface area contributed by atoms with Gasteiger partial charge in [0, 0.05) is 16.8 Å². The SMILES string of the molecule is Nc1nc(C(=O)NCCc2ccc(Cl)s2)cs1. The lowest BCUT2D eigenvalue weighted by Crippen LogP contribution is -2.25. The number of carbonyl (C=O) groups excluding carboxylic acids is 1. The third-order valence-corrected chi connectivity index (χ3v) is 4.01. The molecule has 0 atom stereocenters. The van der Waals surface area contributed by atoms with E-state index in [9.17, 15) is 4.79 Å². The van der Waals surface area contributed by atoms with Crippen LogP contribution in [0.25, 0.3) is 0 Å². The van der Waals surface area contributed by atoms with E-state index in [1.807, 2.05) is 12.1 Å². The van der Waals surface area contributed by atoms with Crippen LogP contribution in [0.5, 0.6) is 0 Å². The molecule has 2 aromatic rings. The fourth-order valence-electron chi connectivity index (χ4n) is 1.27. The maximum Gasteiger partial charge on any atom is 0.270 e. The van der Waals surface area contributed by atoms with Crippen LogP contribution >= 0.6 is 34.3 Å². The topological polar surface area (TPSA) is 68.0 Å². The number of nitrogen functional groups attached to an aromatic ring is 1. The van der Waals surface area contributed by atoms with Crippen molar-refractivity contribution >= 4 is 45.3 Å². The molecule has 2 rings (SSSR count). The Bertz CT molecular complexity index is 523. The van der Waals surface area contributed by atoms with E-state index >= 15 is 0 Å². The maximum atomic E-state index is 11.6. The molecular weight excluding hydrogens is 278 g/mol. The molecule has 0 aromatic carbocycles. The number of carbonyl (C=O) groups is 1. The zero-order valence-corrected chi connectivity index (χ0v) is 11.2. The predicted molar refractivity (Wildman–Crippen MR) is 71.9 cm³/mol. The molecule has 17 heavy (non-hydrogen) atoms. The first-order valence-corrected chi connectivity index (χ1v) is 6.96. The van der Waals surface area contributed by atoms with Gasteiger partial charge in [0.2, 0.25) is 0 Å². The van der Waals surface area contributed by atoms with E-state index in [0.29, 0.717) is 17.4 Å². The summed E-state index contributed by atoms with van der Waals surface area (Å²) in [5.41, 5.74) is 5.83. The number of thiazole rings is 1. The van der Waals surface area contributed by atoms with Crippen LogP contribution in [0.1, 0.15) is 15.4 Å². The van der Waals surface area contributed by atoms with Crippen LogP contribution in [0.3, 0.4) is 0 Å². The van der Waals surface area contributed by atoms with Gasteiger partial charge in [-0.1, -0.05) is 11.6 Å². The van der Waals surface area contributed by atoms with Crippen molar-refractivity contribution in [3.05, 3.63) is 32.4 Å². The molecule has 1 amide bonds. The summed E-state index contributed by atoms with van der Waals surface area (Å²) in [5.74, 6) is -0.194. The van der Waals surface area contributed by atoms with E-state index in [-0.39, 0.29) is 5.91 Å². The Kier molecular flexibility index (Phi) is 3.98. The molecule has 2 heterocycles. The number of nitrogens with zero attached hydrogens (tertiary/aromatic N) is 1. The largest absolute Gasteiger partial charge is 0.375 e. The van der Waals surface area contributed by atoms with E-state index in [2.05, 4.69) is 10.3 Å². The quantitative estimate of drug-likeness (QED) is 0.907. The van der Waals surface area contributed by atoms with Gasteiger partial charge in [-0.15, -0.1) is 22.7 Å². The van der Waals surface area contributed by atoms with Gasteiger partial charge in [-0.25, -0.2) is 4.98 Å². The monoisotopic (exact) mass is 287 g/mol. The third-order valence-electron chi connectivity index (χ3n) is 2.04. The molecular formula is C10H10ClN3OS2. The molecule has 0 saturated carbocycles. The van der Waals surface area contributed by atoms with Crippen LogP contribution in [0, 0.1) is 0 Å². The third kappa shape index (κ3) is 3.42. The van der Waals surface area contributed by atoms with E-state index in [1.165, 1.54) is 22.7 Å². The Labute approximate surface area is 111 Å². The first-order valence-electron chi connectivity index (χ1n) is 4.88. The molecule has 4 nitrogen and oxygen atoms in total. The number of hydrogen-bond acceptors (Lipinski definition) is 5. The normalized spacial score (nSPS) is 10.4. The zero-order valence-electron chi connectivity index (χ0n) is 8.77. The van der Waals surface area contributed by atoms with Gasteiger partial charge in [0.25, 0.3) is 5.91 Å². The van der Waals surface area contributed by atoms with Gasteiger partial charge in [0.1, 0.15) is 5.69 Å². The van der Waals surface area contributed by atoms with Crippen LogP contribution < -0.4 is 11.1 Å². The Balaban J connectivity index is 1.81. The standard InChI is InChI=1S/C10H10ClN3OS2/c11-8-2-1-6(17-8)3-4-13-9(15)7-5-16-10(12)14-7/h1-2,5H,3-4H2,(H2,12,14)(H,13,15). The van der Waals surface area contributed by atoms with E-state index in [0.717, 1.165) is 15.6 Å². The molecule has 7 heteroatoms. The molecule has 90 valence electrons. The lowest BCUT2D eigenvalue weighted by Gasteiger charge is -2.01. The molecule has 0 aliphatic rings. The van der Waals surface area contributed by atoms with Gasteiger partial charge >= 0.3 is 0 Å². The van der Waals surface area contributed by atoms with Crippen LogP contribution in [0.2, 0.25) is 4.34 Å². The molecule has 0 bridgehead atoms. The second kappa shape index (κ2) is 5.48. The lowest BCUT2D eigenvalue weighted by molar-refractivity contribution is 0.0950. The van der Waals surface area contributed by atoms with E-state index in [4.69, 9.17) is 17.3 Å². The van der Waals surface area contributed by atoms with Crippen LogP contribution in [0.4, 0.5) is 5.13 Å². The summed E-state index contributed by atoms with van der Waals surface area (Å²) < 4.78 is 0.763. The minimum atomic E-state index is -0.194. The molecule has 0 aliphatic heterocycles. The summed E-state index contributed by atoms with van der Waals surface area (Å²) in [4.78, 5) is 16.7. The Morgan fingerprint density at radius 3 is 2.94 bits per heavy atom. The summed E-state index contributed by atoms with van der Waals surface area (Å²) >= 11 is 8.59. The smallest absolute Gasteiger partial charge is 0.270 e. The van der Waals surface area contributed by atoms with Crippen LogP contribution in [-0.2, 0) is 6.42 Å². The number of amides is 1. The van der Waals surface area contributed by atoms with Gasteiger partial charge in [-0.2, -0.15) is 0 Å². The number of halogens is 1. The predicted octanol–water partition coefficient (Wildman–Crippen LogP) is 2.41. The van der Waals surface area contributed by atoms with Gasteiger partial charge in [-0.3, -0.25) is 4.79 Å². The van der Waals surface area contributed by atoms with E-state index < -0.39 is 0 Å². The first-order chi connectivity index (χ1) is 8.15. The average Bonchev–Trinajstić information content (AvgIpc) is 2.88. The Morgan fingerprint density at radius 1 is 1.53 bits per heavy atom. The van der Waals surface area contributed by atoms with Crippen molar-refractivity contribution in [3.8, 4) is 0 Å². The second-order valence-corrected chi connectivity index (χ2v) is 5.97. The molecule has 3 N–H and O–H groups in total. The van der Waals surface area contributed by atoms with Crippen molar-refractivity contribution in [3.63, 3.8) is 0 Å². The van der Waals surface area contributed by atoms with Crippen molar-refractivity contribution in [2.45, 2.75) is 6.42 Å². The number of rotatable bonds is 4. The Morgan fingerprint density at radius 2 is 2.35 bits per heavy atom. The number of hydrogen-bond donors (Lipinski definition) is 2. The van der Waals surface area contributed by atoms with E-state index in [1.54, 1.807) is 5.38 Å². The number of aromatic nitrogens is 1. The number of anilines is 1. The summed E-state index contributed by atoms with van der Waals surface area (Å²) in [6.07, 6.45) is 0.767. The number of nitrogens with two attached hydrogens (primary N) is 1. The summed E-state index contributed by atoms with van der Waals surface area (Å²) in [5, 5.41) is 4.83. The van der Waals surface area contributed by atoms with Crippen molar-refractivity contribution < 1.29 is 4.79 Å². The highest BCUT2D eigenvalue weighted by molar-refractivity contribution is 7.16. The molecule has 0 saturated heterocycles. The van der Waals surface area contributed by atoms with Gasteiger partial charge in [0.15, 0.2) is 5.13 Å². The summed E-state index contributed by atoms with van der Waals surface area (Å²) in [7, 11) is 0. The zero-order chi connectivity index (χ0) is 12.3. The van der Waals surface area contributed by atoms with Crippen molar-refractivity contribution in [2.75, 3.05) is 12.3 Å². The average molecular weight is 288 g/mol. The summed E-state index contributed by atoms with van der Waals surface area (Å²) in [6.45, 7) is 0.563. The molecule has 0 fully saturated rings. The molecule has 0 unspecified atom stereocenters. The van der Waals surface area contributed by atoms with Crippen molar-refractivity contribution in [2.24, 2.45) is 0 Å². The molecule has 2 aromatic heterocycles. The minimum absolute atomic E-state index is 0.194.